The van der Waals surface area contributed by atoms with E-state index in [0.29, 0.717) is 0 Å². The van der Waals surface area contributed by atoms with Gasteiger partial charge in [0.15, 0.2) is 5.85 Å². The summed E-state index contributed by atoms with van der Waals surface area (Å²) in [4.78, 5) is 0. The van der Waals surface area contributed by atoms with Gasteiger partial charge < -0.3 is 4.52 Å². The highest BCUT2D eigenvalue weighted by Crippen LogP contribution is 2.79. The van der Waals surface area contributed by atoms with Crippen LogP contribution >= 0.6 is 7.60 Å². The van der Waals surface area contributed by atoms with Crippen molar-refractivity contribution in [3.8, 4) is 0 Å². The Morgan fingerprint density at radius 1 is 1.19 bits per heavy atom. The smallest absolute Gasteiger partial charge is 0.310 e. The van der Waals surface area contributed by atoms with Crippen molar-refractivity contribution in [2.24, 2.45) is 0 Å². The topological polar surface area (TPSA) is 38.8 Å². The summed E-state index contributed by atoms with van der Waals surface area (Å²) < 4.78 is 21.9. The summed E-state index contributed by atoms with van der Waals surface area (Å²) in [5.41, 5.74) is 0.947. The van der Waals surface area contributed by atoms with Gasteiger partial charge in [-0.1, -0.05) is 42.5 Å². The number of hydrogen-bond donors (Lipinski definition) is 0. The molecule has 1 fully saturated rings. The van der Waals surface area contributed by atoms with E-state index in [0.717, 1.165) is 16.3 Å². The minimum Gasteiger partial charge on any atom is -0.310 e. The highest BCUT2D eigenvalue weighted by Gasteiger charge is 2.55. The number of fused-ring (bicyclic) bond motifs is 1. The zero-order valence-corrected chi connectivity index (χ0v) is 9.69. The second-order valence-electron chi connectivity index (χ2n) is 3.75. The molecule has 0 saturated carbocycles. The fourth-order valence-corrected chi connectivity index (χ4v) is 3.36. The molecule has 0 amide bonds. The van der Waals surface area contributed by atoms with Crippen molar-refractivity contribution in [3.63, 3.8) is 0 Å². The molecule has 2 aromatic rings. The molecule has 82 valence electrons. The Labute approximate surface area is 93.5 Å². The van der Waals surface area contributed by atoms with E-state index in [-0.39, 0.29) is 5.85 Å². The van der Waals surface area contributed by atoms with Crippen LogP contribution in [0.2, 0.25) is 0 Å². The molecule has 2 atom stereocenters. The molecule has 0 spiro atoms. The summed E-state index contributed by atoms with van der Waals surface area (Å²) in [6.07, 6.45) is 0. The maximum absolute atomic E-state index is 11.8. The lowest BCUT2D eigenvalue weighted by molar-refractivity contribution is 0.365. The molecular formula is C12H11O3P. The van der Waals surface area contributed by atoms with Crippen LogP contribution in [-0.2, 0) is 13.6 Å². The third-order valence-electron chi connectivity index (χ3n) is 2.83. The molecule has 3 nitrogen and oxygen atoms in total. The minimum atomic E-state index is -2.83. The standard InChI is InChI=1S/C12H11O3P/c1-14-16(13)12(15-16)11-8-4-6-9-5-2-3-7-10(9)11/h2-8,12H,1H3. The molecule has 1 aliphatic heterocycles. The van der Waals surface area contributed by atoms with Crippen molar-refractivity contribution >= 4 is 18.4 Å². The van der Waals surface area contributed by atoms with E-state index in [1.54, 1.807) is 0 Å². The van der Waals surface area contributed by atoms with E-state index in [4.69, 9.17) is 9.05 Å². The largest absolute Gasteiger partial charge is 0.365 e. The molecular weight excluding hydrogens is 223 g/mol. The number of rotatable bonds is 2. The van der Waals surface area contributed by atoms with Crippen LogP contribution in [0.3, 0.4) is 0 Å². The fraction of sp³-hybridized carbons (Fsp3) is 0.167. The van der Waals surface area contributed by atoms with Gasteiger partial charge in [0, 0.05) is 12.7 Å². The van der Waals surface area contributed by atoms with Crippen molar-refractivity contribution in [2.45, 2.75) is 5.85 Å². The fourth-order valence-electron chi connectivity index (χ4n) is 1.94. The van der Waals surface area contributed by atoms with Gasteiger partial charge in [0.1, 0.15) is 0 Å². The Hall–Kier alpha value is -1.15. The van der Waals surface area contributed by atoms with Crippen LogP contribution in [0.1, 0.15) is 11.4 Å². The van der Waals surface area contributed by atoms with Crippen molar-refractivity contribution in [1.29, 1.82) is 0 Å². The van der Waals surface area contributed by atoms with Crippen LogP contribution < -0.4 is 0 Å². The summed E-state index contributed by atoms with van der Waals surface area (Å²) in [5, 5.41) is 2.20. The predicted octanol–water partition coefficient (Wildman–Crippen LogP) is 3.71. The molecule has 0 bridgehead atoms. The van der Waals surface area contributed by atoms with E-state index in [9.17, 15) is 4.57 Å². The summed E-state index contributed by atoms with van der Waals surface area (Å²) in [6, 6.07) is 13.9. The van der Waals surface area contributed by atoms with Gasteiger partial charge in [-0.3, -0.25) is 9.09 Å². The molecule has 16 heavy (non-hydrogen) atoms. The molecule has 0 aromatic heterocycles. The van der Waals surface area contributed by atoms with Crippen LogP contribution in [0.25, 0.3) is 10.8 Å². The van der Waals surface area contributed by atoms with E-state index >= 15 is 0 Å². The molecule has 4 heteroatoms. The van der Waals surface area contributed by atoms with Crippen LogP contribution in [0.15, 0.2) is 42.5 Å². The molecule has 0 N–H and O–H groups in total. The third kappa shape index (κ3) is 1.40. The highest BCUT2D eigenvalue weighted by atomic mass is 31.2. The number of benzene rings is 2. The van der Waals surface area contributed by atoms with Crippen LogP contribution in [0, 0.1) is 0 Å². The van der Waals surface area contributed by atoms with Gasteiger partial charge in [-0.2, -0.15) is 0 Å². The van der Waals surface area contributed by atoms with Crippen molar-refractivity contribution in [2.75, 3.05) is 7.11 Å². The first-order valence-corrected chi connectivity index (χ1v) is 6.67. The monoisotopic (exact) mass is 234 g/mol. The van der Waals surface area contributed by atoms with Crippen LogP contribution in [0.5, 0.6) is 0 Å². The summed E-state index contributed by atoms with van der Waals surface area (Å²) in [5.74, 6) is -0.386. The van der Waals surface area contributed by atoms with Gasteiger partial charge in [-0.25, -0.2) is 0 Å². The minimum absolute atomic E-state index is 0.386. The normalized spacial score (nSPS) is 28.2. The van der Waals surface area contributed by atoms with Crippen molar-refractivity contribution < 1.29 is 13.6 Å². The lowest BCUT2D eigenvalue weighted by Gasteiger charge is -2.02. The summed E-state index contributed by atoms with van der Waals surface area (Å²) >= 11 is 0. The first-order chi connectivity index (χ1) is 7.74. The van der Waals surface area contributed by atoms with Gasteiger partial charge in [-0.15, -0.1) is 0 Å². The Balaban J connectivity index is 2.15. The van der Waals surface area contributed by atoms with Crippen LogP contribution in [-0.4, -0.2) is 7.11 Å². The molecule has 1 heterocycles. The summed E-state index contributed by atoms with van der Waals surface area (Å²) in [7, 11) is -1.41. The maximum atomic E-state index is 11.8. The molecule has 1 saturated heterocycles. The second-order valence-corrected chi connectivity index (χ2v) is 5.87. The zero-order valence-electron chi connectivity index (χ0n) is 8.79. The van der Waals surface area contributed by atoms with Gasteiger partial charge in [0.2, 0.25) is 0 Å². The Morgan fingerprint density at radius 3 is 2.69 bits per heavy atom. The van der Waals surface area contributed by atoms with Gasteiger partial charge in [0.25, 0.3) is 0 Å². The van der Waals surface area contributed by atoms with Gasteiger partial charge in [0.05, 0.1) is 0 Å². The Bertz CT molecular complexity index is 588. The Morgan fingerprint density at radius 2 is 1.94 bits per heavy atom. The average molecular weight is 234 g/mol. The lowest BCUT2D eigenvalue weighted by atomic mass is 10.1. The molecule has 0 radical (unpaired) electrons. The number of hydrogen-bond acceptors (Lipinski definition) is 3. The maximum Gasteiger partial charge on any atom is 0.365 e. The molecule has 3 rings (SSSR count). The highest BCUT2D eigenvalue weighted by molar-refractivity contribution is 7.60. The van der Waals surface area contributed by atoms with E-state index in [1.165, 1.54) is 7.11 Å². The van der Waals surface area contributed by atoms with Crippen molar-refractivity contribution in [1.82, 2.24) is 0 Å². The zero-order chi connectivity index (χ0) is 11.2. The lowest BCUT2D eigenvalue weighted by Crippen LogP contribution is -1.82. The van der Waals surface area contributed by atoms with E-state index in [1.807, 2.05) is 42.5 Å². The van der Waals surface area contributed by atoms with Gasteiger partial charge >= 0.3 is 7.60 Å². The predicted molar refractivity (Wildman–Crippen MR) is 62.4 cm³/mol. The third-order valence-corrected chi connectivity index (χ3v) is 4.60. The second kappa shape index (κ2) is 3.42. The molecule has 1 aliphatic rings. The van der Waals surface area contributed by atoms with E-state index in [2.05, 4.69) is 0 Å². The SMILES string of the molecule is COP1(=O)OC1c1cccc2ccccc12. The molecule has 2 aromatic carbocycles. The quantitative estimate of drug-likeness (QED) is 0.587. The van der Waals surface area contributed by atoms with E-state index < -0.39 is 7.60 Å². The molecule has 0 aliphatic carbocycles. The van der Waals surface area contributed by atoms with Crippen LogP contribution in [0.4, 0.5) is 0 Å². The average Bonchev–Trinajstić information content (AvgIpc) is 3.02. The van der Waals surface area contributed by atoms with Gasteiger partial charge in [-0.05, 0) is 10.8 Å². The summed E-state index contributed by atoms with van der Waals surface area (Å²) in [6.45, 7) is 0. The van der Waals surface area contributed by atoms with Crippen molar-refractivity contribution in [3.05, 3.63) is 48.0 Å². The first kappa shape index (κ1) is 10.0. The molecule has 2 unspecified atom stereocenters. The Kier molecular flexibility index (Phi) is 2.15. The first-order valence-electron chi connectivity index (χ1n) is 5.06.